The van der Waals surface area contributed by atoms with E-state index in [1.54, 1.807) is 37.3 Å². The van der Waals surface area contributed by atoms with E-state index in [4.69, 9.17) is 15.5 Å². The predicted octanol–water partition coefficient (Wildman–Crippen LogP) is 1.66. The number of rotatable bonds is 6. The third-order valence-electron chi connectivity index (χ3n) is 4.35. The monoisotopic (exact) mass is 398 g/mol. The van der Waals surface area contributed by atoms with Crippen molar-refractivity contribution in [2.45, 2.75) is 6.92 Å². The van der Waals surface area contributed by atoms with Crippen molar-refractivity contribution in [1.82, 2.24) is 19.8 Å². The summed E-state index contributed by atoms with van der Waals surface area (Å²) in [7, 11) is 2.93. The molecule has 11 nitrogen and oxygen atoms in total. The summed E-state index contributed by atoms with van der Waals surface area (Å²) in [5, 5.41) is 18.7. The lowest BCUT2D eigenvalue weighted by Crippen LogP contribution is -2.23. The molecule has 0 spiro atoms. The molecule has 3 rings (SSSR count). The van der Waals surface area contributed by atoms with E-state index in [-0.39, 0.29) is 11.4 Å². The van der Waals surface area contributed by atoms with Gasteiger partial charge >= 0.3 is 5.69 Å². The Morgan fingerprint density at radius 1 is 1.21 bits per heavy atom. The molecule has 0 fully saturated rings. The summed E-state index contributed by atoms with van der Waals surface area (Å²) in [6.45, 7) is 1.69. The minimum absolute atomic E-state index is 0.0800. The average Bonchev–Trinajstić information content (AvgIpc) is 3.07. The molecule has 0 amide bonds. The Morgan fingerprint density at radius 3 is 2.52 bits per heavy atom. The number of nitrogens with two attached hydrogens (primary N) is 1. The molecule has 1 heterocycles. The Labute approximate surface area is 164 Å². The number of aromatic nitrogens is 4. The van der Waals surface area contributed by atoms with Gasteiger partial charge in [-0.1, -0.05) is 18.2 Å². The maximum atomic E-state index is 12.4. The molecule has 1 aromatic heterocycles. The van der Waals surface area contributed by atoms with E-state index in [1.807, 2.05) is 0 Å². The topological polar surface area (TPSA) is 140 Å². The highest BCUT2D eigenvalue weighted by molar-refractivity contribution is 5.91. The number of nitro groups is 1. The van der Waals surface area contributed by atoms with Crippen LogP contribution in [0.2, 0.25) is 0 Å². The highest BCUT2D eigenvalue weighted by Gasteiger charge is 2.22. The summed E-state index contributed by atoms with van der Waals surface area (Å²) in [5.41, 5.74) is 1.13. The molecule has 2 N–H and O–H groups in total. The van der Waals surface area contributed by atoms with Gasteiger partial charge in [0.15, 0.2) is 5.76 Å². The van der Waals surface area contributed by atoms with Crippen molar-refractivity contribution in [3.05, 3.63) is 74.2 Å². The lowest BCUT2D eigenvalue weighted by atomic mass is 10.00. The second-order valence-electron chi connectivity index (χ2n) is 6.03. The van der Waals surface area contributed by atoms with Gasteiger partial charge in [0.25, 0.3) is 5.69 Å². The molecule has 0 atom stereocenters. The van der Waals surface area contributed by atoms with Crippen LogP contribution in [0.3, 0.4) is 0 Å². The standard InChI is InChI=1S/C18H18N6O5/c1-11(12-6-4-7-13(10-12)24(26)27)17(29-19)16-14(8-5-9-15(16)28-3)23-18(25)22(2)20-21-23/h4-10H,19H2,1-3H3/b17-11+. The van der Waals surface area contributed by atoms with Crippen LogP contribution in [0.25, 0.3) is 17.0 Å². The van der Waals surface area contributed by atoms with Crippen molar-refractivity contribution in [1.29, 1.82) is 0 Å². The van der Waals surface area contributed by atoms with Crippen LogP contribution in [0.4, 0.5) is 5.69 Å². The summed E-state index contributed by atoms with van der Waals surface area (Å²) in [6.07, 6.45) is 0. The predicted molar refractivity (Wildman–Crippen MR) is 104 cm³/mol. The van der Waals surface area contributed by atoms with Gasteiger partial charge in [-0.2, -0.15) is 15.3 Å². The van der Waals surface area contributed by atoms with E-state index in [0.717, 1.165) is 9.36 Å². The quantitative estimate of drug-likeness (QED) is 0.286. The lowest BCUT2D eigenvalue weighted by molar-refractivity contribution is -0.384. The van der Waals surface area contributed by atoms with E-state index >= 15 is 0 Å². The van der Waals surface area contributed by atoms with Gasteiger partial charge in [-0.3, -0.25) is 10.1 Å². The van der Waals surface area contributed by atoms with Gasteiger partial charge in [0.1, 0.15) is 5.75 Å². The van der Waals surface area contributed by atoms with Crippen molar-refractivity contribution in [2.24, 2.45) is 12.9 Å². The van der Waals surface area contributed by atoms with Crippen LogP contribution in [0.5, 0.6) is 5.75 Å². The maximum absolute atomic E-state index is 12.4. The largest absolute Gasteiger partial charge is 0.496 e. The smallest absolute Gasteiger partial charge is 0.368 e. The van der Waals surface area contributed by atoms with Crippen LogP contribution in [-0.4, -0.2) is 31.8 Å². The molecule has 0 aliphatic rings. The van der Waals surface area contributed by atoms with Crippen LogP contribution >= 0.6 is 0 Å². The zero-order valence-corrected chi connectivity index (χ0v) is 15.9. The van der Waals surface area contributed by atoms with Gasteiger partial charge in [0, 0.05) is 24.8 Å². The van der Waals surface area contributed by atoms with Crippen molar-refractivity contribution in [3.63, 3.8) is 0 Å². The fraction of sp³-hybridized carbons (Fsp3) is 0.167. The van der Waals surface area contributed by atoms with Gasteiger partial charge in [0.2, 0.25) is 0 Å². The van der Waals surface area contributed by atoms with Crippen LogP contribution in [0, 0.1) is 10.1 Å². The number of hydrogen-bond acceptors (Lipinski definition) is 8. The molecule has 0 bridgehead atoms. The van der Waals surface area contributed by atoms with Crippen LogP contribution in [-0.2, 0) is 11.9 Å². The maximum Gasteiger partial charge on any atom is 0.368 e. The van der Waals surface area contributed by atoms with Crippen LogP contribution in [0.15, 0.2) is 47.3 Å². The molecular weight excluding hydrogens is 380 g/mol. The Balaban J connectivity index is 2.31. The first-order chi connectivity index (χ1) is 13.9. The van der Waals surface area contributed by atoms with Gasteiger partial charge in [-0.25, -0.2) is 4.79 Å². The summed E-state index contributed by atoms with van der Waals surface area (Å²) in [4.78, 5) is 28.2. The van der Waals surface area contributed by atoms with E-state index < -0.39 is 10.6 Å². The van der Waals surface area contributed by atoms with Crippen molar-refractivity contribution in [3.8, 4) is 11.4 Å². The molecule has 0 saturated carbocycles. The second-order valence-corrected chi connectivity index (χ2v) is 6.03. The Bertz CT molecular complexity index is 1160. The number of nitro benzene ring substituents is 1. The molecule has 0 radical (unpaired) electrons. The van der Waals surface area contributed by atoms with Gasteiger partial charge in [-0.15, -0.1) is 0 Å². The second kappa shape index (κ2) is 7.94. The molecule has 11 heteroatoms. The van der Waals surface area contributed by atoms with E-state index in [1.165, 1.54) is 26.3 Å². The molecule has 3 aromatic rings. The molecule has 0 unspecified atom stereocenters. The third-order valence-corrected chi connectivity index (χ3v) is 4.35. The average molecular weight is 398 g/mol. The van der Waals surface area contributed by atoms with Crippen LogP contribution < -0.4 is 16.3 Å². The number of allylic oxidation sites excluding steroid dienone is 1. The highest BCUT2D eigenvalue weighted by Crippen LogP contribution is 2.36. The number of nitrogens with zero attached hydrogens (tertiary/aromatic N) is 5. The highest BCUT2D eigenvalue weighted by atomic mass is 16.6. The Morgan fingerprint density at radius 2 is 1.93 bits per heavy atom. The van der Waals surface area contributed by atoms with Gasteiger partial charge in [-0.05, 0) is 35.0 Å². The zero-order valence-electron chi connectivity index (χ0n) is 15.9. The van der Waals surface area contributed by atoms with E-state index in [2.05, 4.69) is 10.4 Å². The Kier molecular flexibility index (Phi) is 5.41. The number of tetrazole rings is 1. The van der Waals surface area contributed by atoms with E-state index in [9.17, 15) is 14.9 Å². The lowest BCUT2D eigenvalue weighted by Gasteiger charge is -2.17. The number of hydrogen-bond donors (Lipinski definition) is 1. The number of benzene rings is 2. The molecular formula is C18H18N6O5. The van der Waals surface area contributed by atoms with Gasteiger partial charge in [0.05, 0.1) is 23.3 Å². The molecule has 0 aliphatic heterocycles. The van der Waals surface area contributed by atoms with Crippen molar-refractivity contribution >= 4 is 17.0 Å². The fourth-order valence-corrected chi connectivity index (χ4v) is 2.88. The summed E-state index contributed by atoms with van der Waals surface area (Å²) in [5.74, 6) is 6.11. The first kappa shape index (κ1) is 19.8. The molecule has 29 heavy (non-hydrogen) atoms. The third kappa shape index (κ3) is 3.58. The van der Waals surface area contributed by atoms with Crippen LogP contribution in [0.1, 0.15) is 18.1 Å². The summed E-state index contributed by atoms with van der Waals surface area (Å²) in [6, 6.07) is 11.0. The Hall–Kier alpha value is -3.99. The number of ether oxygens (including phenoxy) is 1. The van der Waals surface area contributed by atoms with Crippen molar-refractivity contribution < 1.29 is 14.5 Å². The SMILES string of the molecule is COc1cccc(-n2nnn(C)c2=O)c1/C(ON)=C(/C)c1cccc([N+](=O)[O-])c1. The molecule has 0 aliphatic carbocycles. The normalized spacial score (nSPS) is 11.7. The summed E-state index contributed by atoms with van der Waals surface area (Å²) >= 11 is 0. The van der Waals surface area contributed by atoms with Gasteiger partial charge < -0.3 is 9.57 Å². The minimum atomic E-state index is -0.493. The summed E-state index contributed by atoms with van der Waals surface area (Å²) < 4.78 is 7.59. The zero-order chi connectivity index (χ0) is 21.1. The number of methoxy groups -OCH3 is 1. The fourth-order valence-electron chi connectivity index (χ4n) is 2.88. The molecule has 150 valence electrons. The number of non-ortho nitro benzene ring substituents is 1. The number of aryl methyl sites for hydroxylation is 1. The molecule has 0 saturated heterocycles. The first-order valence-corrected chi connectivity index (χ1v) is 8.38. The molecule has 2 aromatic carbocycles. The first-order valence-electron chi connectivity index (χ1n) is 8.38. The van der Waals surface area contributed by atoms with E-state index in [0.29, 0.717) is 28.1 Å². The minimum Gasteiger partial charge on any atom is -0.496 e. The van der Waals surface area contributed by atoms with Crippen molar-refractivity contribution in [2.75, 3.05) is 7.11 Å².